The number of carbonyl (C=O) groups is 1. The highest BCUT2D eigenvalue weighted by molar-refractivity contribution is 6.04. The molecule has 3 heterocycles. The zero-order chi connectivity index (χ0) is 24.1. The van der Waals surface area contributed by atoms with Gasteiger partial charge in [-0.2, -0.15) is 13.2 Å². The van der Waals surface area contributed by atoms with Crippen molar-refractivity contribution >= 4 is 22.5 Å². The number of hydrogen-bond donors (Lipinski definition) is 1. The Morgan fingerprint density at radius 3 is 2.52 bits per heavy atom. The largest absolute Gasteiger partial charge is 0.452 e. The first-order chi connectivity index (χ1) is 15.5. The summed E-state index contributed by atoms with van der Waals surface area (Å²) >= 11 is 0. The summed E-state index contributed by atoms with van der Waals surface area (Å²) in [6.07, 6.45) is -3.20. The number of aryl methyl sites for hydroxylation is 4. The number of nitrogens with one attached hydrogen (secondary N) is 1. The van der Waals surface area contributed by atoms with Crippen molar-refractivity contribution in [2.45, 2.75) is 26.9 Å². The van der Waals surface area contributed by atoms with E-state index in [0.29, 0.717) is 11.1 Å². The normalized spacial score (nSPS) is 11.7. The Morgan fingerprint density at radius 1 is 1.09 bits per heavy atom. The quantitative estimate of drug-likeness (QED) is 0.479. The molecule has 0 atom stereocenters. The lowest BCUT2D eigenvalue weighted by Gasteiger charge is -2.13. The molecule has 10 heteroatoms. The summed E-state index contributed by atoms with van der Waals surface area (Å²) in [5, 5.41) is 3.17. The van der Waals surface area contributed by atoms with Gasteiger partial charge in [-0.15, -0.1) is 0 Å². The van der Waals surface area contributed by atoms with Crippen molar-refractivity contribution in [3.8, 4) is 11.1 Å². The predicted molar refractivity (Wildman–Crippen MR) is 116 cm³/mol. The summed E-state index contributed by atoms with van der Waals surface area (Å²) in [6, 6.07) is 8.26. The Labute approximate surface area is 185 Å². The van der Waals surface area contributed by atoms with Gasteiger partial charge in [0.05, 0.1) is 5.52 Å². The third kappa shape index (κ3) is 4.11. The average Bonchev–Trinajstić information content (AvgIpc) is 3.15. The second kappa shape index (κ2) is 7.88. The maximum Gasteiger partial charge on any atom is 0.452 e. The SMILES string of the molecule is Cc1cc2c(cn1)cc(-c1cc(NC(=O)c3nc(C)oc3C(F)(F)F)ccc1C)c(=O)n2C. The van der Waals surface area contributed by atoms with Crippen LogP contribution in [0.2, 0.25) is 0 Å². The minimum absolute atomic E-state index is 0.207. The van der Waals surface area contributed by atoms with Crippen LogP contribution in [0.1, 0.15) is 33.4 Å². The fourth-order valence-electron chi connectivity index (χ4n) is 3.61. The van der Waals surface area contributed by atoms with Crippen LogP contribution in [0.5, 0.6) is 0 Å². The van der Waals surface area contributed by atoms with Crippen LogP contribution in [0, 0.1) is 20.8 Å². The number of pyridine rings is 2. The molecule has 0 aliphatic carbocycles. The van der Waals surface area contributed by atoms with E-state index >= 15 is 0 Å². The van der Waals surface area contributed by atoms with Gasteiger partial charge >= 0.3 is 6.18 Å². The lowest BCUT2D eigenvalue weighted by atomic mass is 9.99. The summed E-state index contributed by atoms with van der Waals surface area (Å²) in [7, 11) is 1.65. The molecule has 3 aromatic heterocycles. The van der Waals surface area contributed by atoms with Crippen LogP contribution in [-0.4, -0.2) is 20.4 Å². The van der Waals surface area contributed by atoms with Gasteiger partial charge in [0.15, 0.2) is 11.6 Å². The number of aromatic nitrogens is 3. The summed E-state index contributed by atoms with van der Waals surface area (Å²) in [4.78, 5) is 33.5. The predicted octanol–water partition coefficient (Wildman–Crippen LogP) is 4.78. The molecular formula is C23H19F3N4O3. The minimum atomic E-state index is -4.87. The highest BCUT2D eigenvalue weighted by Gasteiger charge is 2.41. The van der Waals surface area contributed by atoms with Crippen LogP contribution in [0.4, 0.5) is 18.9 Å². The Kier molecular flexibility index (Phi) is 5.31. The van der Waals surface area contributed by atoms with E-state index in [-0.39, 0.29) is 17.1 Å². The second-order valence-electron chi connectivity index (χ2n) is 7.70. The van der Waals surface area contributed by atoms with E-state index in [2.05, 4.69) is 19.7 Å². The van der Waals surface area contributed by atoms with Gasteiger partial charge in [0, 0.05) is 42.5 Å². The molecule has 7 nitrogen and oxygen atoms in total. The molecule has 0 saturated heterocycles. The van der Waals surface area contributed by atoms with Crippen LogP contribution in [-0.2, 0) is 13.2 Å². The first-order valence-electron chi connectivity index (χ1n) is 9.89. The molecule has 0 unspecified atom stereocenters. The van der Waals surface area contributed by atoms with Crippen molar-refractivity contribution in [2.24, 2.45) is 7.05 Å². The van der Waals surface area contributed by atoms with E-state index in [1.54, 1.807) is 32.3 Å². The molecular weight excluding hydrogens is 437 g/mol. The Hall–Kier alpha value is -3.95. The van der Waals surface area contributed by atoms with Crippen molar-refractivity contribution < 1.29 is 22.4 Å². The van der Waals surface area contributed by atoms with Gasteiger partial charge in [0.1, 0.15) is 0 Å². The summed E-state index contributed by atoms with van der Waals surface area (Å²) in [5.74, 6) is -2.81. The number of halogens is 3. The number of oxazole rings is 1. The maximum atomic E-state index is 13.2. The molecule has 33 heavy (non-hydrogen) atoms. The molecule has 0 aliphatic rings. The van der Waals surface area contributed by atoms with Gasteiger partial charge in [-0.25, -0.2) is 4.98 Å². The van der Waals surface area contributed by atoms with Crippen LogP contribution in [0.25, 0.3) is 22.0 Å². The van der Waals surface area contributed by atoms with Gasteiger partial charge in [-0.05, 0) is 49.2 Å². The van der Waals surface area contributed by atoms with Crippen molar-refractivity contribution in [1.82, 2.24) is 14.5 Å². The number of benzene rings is 1. The highest BCUT2D eigenvalue weighted by atomic mass is 19.4. The van der Waals surface area contributed by atoms with E-state index in [9.17, 15) is 22.8 Å². The molecule has 1 aromatic carbocycles. The van der Waals surface area contributed by atoms with E-state index < -0.39 is 23.5 Å². The van der Waals surface area contributed by atoms with E-state index in [1.165, 1.54) is 23.6 Å². The summed E-state index contributed by atoms with van der Waals surface area (Å²) in [5.41, 5.74) is 2.24. The molecule has 0 radical (unpaired) electrons. The van der Waals surface area contributed by atoms with Crippen LogP contribution >= 0.6 is 0 Å². The van der Waals surface area contributed by atoms with Crippen molar-refractivity contribution in [3.05, 3.63) is 75.5 Å². The first-order valence-corrected chi connectivity index (χ1v) is 9.89. The molecule has 4 rings (SSSR count). The smallest absolute Gasteiger partial charge is 0.436 e. The maximum absolute atomic E-state index is 13.2. The van der Waals surface area contributed by atoms with Gasteiger partial charge < -0.3 is 14.3 Å². The average molecular weight is 456 g/mol. The molecule has 0 saturated carbocycles. The molecule has 0 fully saturated rings. The monoisotopic (exact) mass is 456 g/mol. The number of anilines is 1. The molecule has 1 N–H and O–H groups in total. The fourth-order valence-corrected chi connectivity index (χ4v) is 3.61. The zero-order valence-electron chi connectivity index (χ0n) is 18.2. The number of fused-ring (bicyclic) bond motifs is 1. The zero-order valence-corrected chi connectivity index (χ0v) is 18.2. The second-order valence-corrected chi connectivity index (χ2v) is 7.70. The Balaban J connectivity index is 1.76. The molecule has 1 amide bonds. The van der Waals surface area contributed by atoms with Crippen LogP contribution in [0.3, 0.4) is 0 Å². The van der Waals surface area contributed by atoms with Gasteiger partial charge in [0.2, 0.25) is 5.76 Å². The number of hydrogen-bond acceptors (Lipinski definition) is 5. The fraction of sp³-hybridized carbons (Fsp3) is 0.217. The molecule has 0 spiro atoms. The van der Waals surface area contributed by atoms with Crippen molar-refractivity contribution in [2.75, 3.05) is 5.32 Å². The van der Waals surface area contributed by atoms with Gasteiger partial charge in [-0.1, -0.05) is 6.07 Å². The van der Waals surface area contributed by atoms with Crippen LogP contribution in [0.15, 0.2) is 45.7 Å². The third-order valence-electron chi connectivity index (χ3n) is 5.24. The number of nitrogens with zero attached hydrogens (tertiary/aromatic N) is 3. The minimum Gasteiger partial charge on any atom is -0.436 e. The highest BCUT2D eigenvalue weighted by Crippen LogP contribution is 2.33. The van der Waals surface area contributed by atoms with E-state index in [0.717, 1.165) is 22.2 Å². The lowest BCUT2D eigenvalue weighted by Crippen LogP contribution is -2.20. The van der Waals surface area contributed by atoms with Gasteiger partial charge in [0.25, 0.3) is 11.5 Å². The standard InChI is InChI=1S/C23H19F3N4O3/c1-11-5-6-15(29-21(31)19-20(23(24,25)26)33-13(3)28-19)9-16(11)17-8-14-10-27-12(2)7-18(14)30(4)22(17)32/h5-10H,1-4H3,(H,29,31). The summed E-state index contributed by atoms with van der Waals surface area (Å²) < 4.78 is 45.6. The van der Waals surface area contributed by atoms with E-state index in [4.69, 9.17) is 0 Å². The third-order valence-corrected chi connectivity index (χ3v) is 5.24. The first kappa shape index (κ1) is 22.3. The molecule has 4 aromatic rings. The van der Waals surface area contributed by atoms with Crippen molar-refractivity contribution in [1.29, 1.82) is 0 Å². The Morgan fingerprint density at radius 2 is 1.82 bits per heavy atom. The topological polar surface area (TPSA) is 90.0 Å². The molecule has 0 aliphatic heterocycles. The number of rotatable bonds is 3. The van der Waals surface area contributed by atoms with Gasteiger partial charge in [-0.3, -0.25) is 14.6 Å². The summed E-state index contributed by atoms with van der Waals surface area (Å²) in [6.45, 7) is 4.84. The van der Waals surface area contributed by atoms with Crippen LogP contribution < -0.4 is 10.9 Å². The molecule has 170 valence electrons. The van der Waals surface area contributed by atoms with Crippen molar-refractivity contribution in [3.63, 3.8) is 0 Å². The number of carbonyl (C=O) groups excluding carboxylic acids is 1. The Bertz CT molecular complexity index is 1470. The number of alkyl halides is 3. The molecule has 0 bridgehead atoms. The lowest BCUT2D eigenvalue weighted by molar-refractivity contribution is -0.153. The van der Waals surface area contributed by atoms with E-state index in [1.807, 2.05) is 13.0 Å². The number of amides is 1.